The Morgan fingerprint density at radius 3 is 2.78 bits per heavy atom. The molecule has 3 amide bonds. The molecule has 0 N–H and O–H groups in total. The average molecular weight is 594 g/mol. The highest BCUT2D eigenvalue weighted by Crippen LogP contribution is 2.48. The number of carbonyl (C=O) groups is 2. The first-order valence-electron chi connectivity index (χ1n) is 12.4. The Bertz CT molecular complexity index is 1810. The molecule has 1 aromatic carbocycles. The van der Waals surface area contributed by atoms with Crippen molar-refractivity contribution in [1.29, 1.82) is 5.26 Å². The first kappa shape index (κ1) is 26.8. The third kappa shape index (κ3) is 4.30. The van der Waals surface area contributed by atoms with E-state index in [1.807, 2.05) is 0 Å². The second-order valence-electron chi connectivity index (χ2n) is 9.36. The summed E-state index contributed by atoms with van der Waals surface area (Å²) in [6, 6.07) is 3.43. The summed E-state index contributed by atoms with van der Waals surface area (Å²) in [5.74, 6) is -0.151. The number of imide groups is 1. The molecule has 41 heavy (non-hydrogen) atoms. The Balaban J connectivity index is 1.44. The van der Waals surface area contributed by atoms with Crippen LogP contribution < -0.4 is 9.64 Å². The largest absolute Gasteiger partial charge is 0.494 e. The molecule has 0 spiro atoms. The number of nitrogens with zero attached hydrogens (tertiary/aromatic N) is 7. The van der Waals surface area contributed by atoms with Crippen molar-refractivity contribution < 1.29 is 23.1 Å². The zero-order valence-corrected chi connectivity index (χ0v) is 23.5. The SMILES string of the molecule is COc1cc(C2=CC3C(S2)C(=O)N(c2cncc4nc(-c5coc(C)n5)n(C)c24)C(=O)N3CCC#N)c(Cl)cc1F. The quantitative estimate of drug-likeness (QED) is 0.305. The smallest absolute Gasteiger partial charge is 0.332 e. The molecule has 208 valence electrons. The van der Waals surface area contributed by atoms with Crippen molar-refractivity contribution >= 4 is 56.9 Å². The highest BCUT2D eigenvalue weighted by atomic mass is 35.5. The Morgan fingerprint density at radius 2 is 2.07 bits per heavy atom. The van der Waals surface area contributed by atoms with E-state index in [4.69, 9.17) is 20.8 Å². The number of thioether (sulfide) groups is 1. The number of rotatable bonds is 6. The molecule has 1 fully saturated rings. The molecule has 11 nitrogen and oxygen atoms in total. The van der Waals surface area contributed by atoms with Crippen molar-refractivity contribution in [2.75, 3.05) is 18.6 Å². The van der Waals surface area contributed by atoms with Crippen LogP contribution in [0.5, 0.6) is 5.75 Å². The van der Waals surface area contributed by atoms with Gasteiger partial charge in [-0.25, -0.2) is 24.1 Å². The third-order valence-electron chi connectivity index (χ3n) is 6.97. The van der Waals surface area contributed by atoms with Gasteiger partial charge in [0.15, 0.2) is 23.3 Å². The van der Waals surface area contributed by atoms with Gasteiger partial charge in [0, 0.05) is 31.0 Å². The molecule has 14 heteroatoms. The van der Waals surface area contributed by atoms with Crippen LogP contribution in [0.3, 0.4) is 0 Å². The highest BCUT2D eigenvalue weighted by Gasteiger charge is 2.50. The maximum atomic E-state index is 14.2. The lowest BCUT2D eigenvalue weighted by molar-refractivity contribution is -0.119. The van der Waals surface area contributed by atoms with Gasteiger partial charge in [-0.05, 0) is 18.2 Å². The maximum Gasteiger partial charge on any atom is 0.332 e. The normalized spacial score (nSPS) is 18.6. The maximum absolute atomic E-state index is 14.2. The van der Waals surface area contributed by atoms with Crippen molar-refractivity contribution in [3.63, 3.8) is 0 Å². The molecule has 0 radical (unpaired) electrons. The van der Waals surface area contributed by atoms with E-state index in [0.717, 1.165) is 11.0 Å². The van der Waals surface area contributed by atoms with E-state index in [9.17, 15) is 19.2 Å². The van der Waals surface area contributed by atoms with E-state index in [1.54, 1.807) is 30.8 Å². The van der Waals surface area contributed by atoms with Crippen LogP contribution in [0, 0.1) is 24.1 Å². The summed E-state index contributed by atoms with van der Waals surface area (Å²) in [5.41, 5.74) is 2.16. The van der Waals surface area contributed by atoms with E-state index >= 15 is 0 Å². The predicted molar refractivity (Wildman–Crippen MR) is 150 cm³/mol. The Hall–Kier alpha value is -4.41. The second-order valence-corrected chi connectivity index (χ2v) is 10.9. The number of fused-ring (bicyclic) bond motifs is 2. The van der Waals surface area contributed by atoms with Gasteiger partial charge in [-0.3, -0.25) is 9.78 Å². The number of ether oxygens (including phenoxy) is 1. The molecular formula is C27H21ClFN7O4S. The van der Waals surface area contributed by atoms with Gasteiger partial charge in [-0.2, -0.15) is 5.26 Å². The Morgan fingerprint density at radius 1 is 1.27 bits per heavy atom. The molecule has 2 aliphatic heterocycles. The zero-order valence-electron chi connectivity index (χ0n) is 22.0. The van der Waals surface area contributed by atoms with E-state index in [0.29, 0.717) is 38.9 Å². The van der Waals surface area contributed by atoms with Gasteiger partial charge in [0.05, 0.1) is 54.3 Å². The fourth-order valence-corrected chi connectivity index (χ4v) is 6.76. The number of benzene rings is 1. The van der Waals surface area contributed by atoms with Crippen molar-refractivity contribution in [3.8, 4) is 23.3 Å². The number of aromatic nitrogens is 4. The van der Waals surface area contributed by atoms with Crippen LogP contribution in [0.4, 0.5) is 14.9 Å². The number of anilines is 1. The monoisotopic (exact) mass is 593 g/mol. The third-order valence-corrected chi connectivity index (χ3v) is 8.62. The first-order valence-corrected chi connectivity index (χ1v) is 13.7. The summed E-state index contributed by atoms with van der Waals surface area (Å²) in [4.78, 5) is 44.4. The lowest BCUT2D eigenvalue weighted by Crippen LogP contribution is -2.62. The number of hydrogen-bond donors (Lipinski definition) is 0. The van der Waals surface area contributed by atoms with Gasteiger partial charge >= 0.3 is 6.03 Å². The van der Waals surface area contributed by atoms with Crippen LogP contribution in [-0.4, -0.2) is 61.3 Å². The molecule has 6 rings (SSSR count). The second kappa shape index (κ2) is 10.2. The molecule has 5 heterocycles. The van der Waals surface area contributed by atoms with Crippen LogP contribution in [0.15, 0.2) is 41.3 Å². The molecule has 0 saturated carbocycles. The fourth-order valence-electron chi connectivity index (χ4n) is 5.09. The summed E-state index contributed by atoms with van der Waals surface area (Å²) in [6.45, 7) is 1.80. The number of methoxy groups -OCH3 is 1. The number of carbonyl (C=O) groups excluding carboxylic acids is 2. The highest BCUT2D eigenvalue weighted by molar-refractivity contribution is 8.09. The number of nitriles is 1. The van der Waals surface area contributed by atoms with Crippen LogP contribution in [0.2, 0.25) is 5.02 Å². The first-order chi connectivity index (χ1) is 19.7. The van der Waals surface area contributed by atoms with Gasteiger partial charge in [0.2, 0.25) is 0 Å². The lowest BCUT2D eigenvalue weighted by Gasteiger charge is -2.40. The van der Waals surface area contributed by atoms with Crippen molar-refractivity contribution in [3.05, 3.63) is 59.2 Å². The molecule has 3 aromatic heterocycles. The topological polar surface area (TPSA) is 130 Å². The van der Waals surface area contributed by atoms with Crippen LogP contribution in [0.1, 0.15) is 17.9 Å². The van der Waals surface area contributed by atoms with Gasteiger partial charge in [0.1, 0.15) is 22.7 Å². The number of aryl methyl sites for hydroxylation is 2. The van der Waals surface area contributed by atoms with Gasteiger partial charge in [0.25, 0.3) is 5.91 Å². The molecular weight excluding hydrogens is 573 g/mol. The molecule has 1 saturated heterocycles. The molecule has 0 bridgehead atoms. The standard InChI is InChI=1S/C27H21ClFN7O4S/c1-13-32-18(12-40-13)25-33-17-10-31-11-20(23(17)34(25)2)36-26(37)24-19(35(27(36)38)6-4-5-30)9-22(41-24)14-7-21(39-3)16(29)8-15(14)28/h7-12,19,24H,4,6H2,1-3H3. The van der Waals surface area contributed by atoms with Crippen LogP contribution in [0.25, 0.3) is 27.5 Å². The summed E-state index contributed by atoms with van der Waals surface area (Å²) in [6.07, 6.45) is 6.27. The number of hydrogen-bond acceptors (Lipinski definition) is 9. The van der Waals surface area contributed by atoms with E-state index in [2.05, 4.69) is 21.0 Å². The van der Waals surface area contributed by atoms with Crippen LogP contribution >= 0.6 is 23.4 Å². The minimum absolute atomic E-state index is 0.00166. The number of pyridine rings is 1. The molecule has 2 atom stereocenters. The number of amides is 3. The fraction of sp³-hybridized carbons (Fsp3) is 0.259. The van der Waals surface area contributed by atoms with Gasteiger partial charge in [-0.15, -0.1) is 11.8 Å². The molecule has 2 aliphatic rings. The summed E-state index contributed by atoms with van der Waals surface area (Å²) < 4.78 is 26.4. The molecule has 2 unspecified atom stereocenters. The van der Waals surface area contributed by atoms with E-state index in [-0.39, 0.29) is 29.4 Å². The van der Waals surface area contributed by atoms with E-state index < -0.39 is 29.0 Å². The van der Waals surface area contributed by atoms with Gasteiger partial charge < -0.3 is 18.6 Å². The van der Waals surface area contributed by atoms with Crippen LogP contribution in [-0.2, 0) is 11.8 Å². The zero-order chi connectivity index (χ0) is 29.0. The van der Waals surface area contributed by atoms with Crippen molar-refractivity contribution in [1.82, 2.24) is 24.4 Å². The van der Waals surface area contributed by atoms with E-state index in [1.165, 1.54) is 42.3 Å². The number of oxazole rings is 1. The van der Waals surface area contributed by atoms with Crippen molar-refractivity contribution in [2.45, 2.75) is 24.6 Å². The number of imidazole rings is 1. The Kier molecular flexibility index (Phi) is 6.67. The lowest BCUT2D eigenvalue weighted by atomic mass is 10.0. The minimum Gasteiger partial charge on any atom is -0.494 e. The summed E-state index contributed by atoms with van der Waals surface area (Å²) in [5, 5.41) is 8.69. The average Bonchev–Trinajstić information content (AvgIpc) is 3.66. The molecule has 4 aromatic rings. The predicted octanol–water partition coefficient (Wildman–Crippen LogP) is 4.94. The van der Waals surface area contributed by atoms with Gasteiger partial charge in [-0.1, -0.05) is 11.6 Å². The summed E-state index contributed by atoms with van der Waals surface area (Å²) >= 11 is 7.60. The summed E-state index contributed by atoms with van der Waals surface area (Å²) in [7, 11) is 3.10. The minimum atomic E-state index is -0.755. The molecule has 0 aliphatic carbocycles. The Labute approximate surface area is 242 Å². The van der Waals surface area contributed by atoms with Crippen molar-refractivity contribution in [2.24, 2.45) is 7.05 Å². The number of urea groups is 1. The number of halogens is 2.